The first-order valence-corrected chi connectivity index (χ1v) is 9.95. The lowest BCUT2D eigenvalue weighted by molar-refractivity contribution is -0.174. The quantitative estimate of drug-likeness (QED) is 0.571. The van der Waals surface area contributed by atoms with E-state index in [9.17, 15) is 9.59 Å². The zero-order valence-electron chi connectivity index (χ0n) is 15.6. The second kappa shape index (κ2) is 10.7. The Hall–Kier alpha value is -1.20. The Morgan fingerprint density at radius 2 is 1.76 bits per heavy atom. The van der Waals surface area contributed by atoms with Gasteiger partial charge in [-0.3, -0.25) is 9.59 Å². The minimum absolute atomic E-state index is 0.0905. The fourth-order valence-electron chi connectivity index (χ4n) is 3.54. The van der Waals surface area contributed by atoms with Crippen LogP contribution in [0.2, 0.25) is 0 Å². The number of amides is 1. The molecule has 1 aliphatic heterocycles. The van der Waals surface area contributed by atoms with Crippen LogP contribution in [0.3, 0.4) is 0 Å². The molecule has 0 bridgehead atoms. The van der Waals surface area contributed by atoms with E-state index in [2.05, 4.69) is 12.2 Å². The second-order valence-electron chi connectivity index (χ2n) is 7.19. The number of allylic oxidation sites excluding steroid dienone is 2. The molecule has 2 rings (SSSR count). The van der Waals surface area contributed by atoms with Gasteiger partial charge in [0.25, 0.3) is 0 Å². The summed E-state index contributed by atoms with van der Waals surface area (Å²) in [6, 6.07) is 0. The molecule has 5 nitrogen and oxygen atoms in total. The molecule has 0 spiro atoms. The maximum atomic E-state index is 12.4. The van der Waals surface area contributed by atoms with Gasteiger partial charge >= 0.3 is 0 Å². The summed E-state index contributed by atoms with van der Waals surface area (Å²) in [5, 5.41) is 2.87. The standard InChI is InChI=1S/C20H33NO4/c1-2-3-4-5-6-7-8-12-20(24-13-14-25-20)16-19(23)21-17-10-9-11-18(22)15-17/h15H,2-14,16H2,1H3,(H,21,23). The Kier molecular flexibility index (Phi) is 8.62. The average molecular weight is 351 g/mol. The fourth-order valence-corrected chi connectivity index (χ4v) is 3.54. The normalized spacial score (nSPS) is 19.7. The molecule has 0 aromatic rings. The number of rotatable bonds is 11. The monoisotopic (exact) mass is 351 g/mol. The smallest absolute Gasteiger partial charge is 0.229 e. The van der Waals surface area contributed by atoms with Gasteiger partial charge in [-0.2, -0.15) is 0 Å². The first kappa shape index (κ1) is 20.1. The highest BCUT2D eigenvalue weighted by Crippen LogP contribution is 2.30. The van der Waals surface area contributed by atoms with Gasteiger partial charge in [0, 0.05) is 24.6 Å². The molecule has 25 heavy (non-hydrogen) atoms. The van der Waals surface area contributed by atoms with Gasteiger partial charge in [0.15, 0.2) is 11.6 Å². The van der Waals surface area contributed by atoms with Gasteiger partial charge in [0.1, 0.15) is 0 Å². The number of carbonyl (C=O) groups excluding carboxylic acids is 2. The van der Waals surface area contributed by atoms with E-state index >= 15 is 0 Å². The van der Waals surface area contributed by atoms with E-state index in [0.29, 0.717) is 19.6 Å². The minimum atomic E-state index is -0.771. The van der Waals surface area contributed by atoms with Crippen molar-refractivity contribution in [2.24, 2.45) is 0 Å². The van der Waals surface area contributed by atoms with Crippen molar-refractivity contribution in [2.45, 2.75) is 89.8 Å². The van der Waals surface area contributed by atoms with Crippen molar-refractivity contribution < 1.29 is 19.1 Å². The van der Waals surface area contributed by atoms with E-state index in [-0.39, 0.29) is 18.1 Å². The zero-order valence-corrected chi connectivity index (χ0v) is 15.6. The summed E-state index contributed by atoms with van der Waals surface area (Å²) in [5.74, 6) is -0.800. The van der Waals surface area contributed by atoms with Gasteiger partial charge in [0.05, 0.1) is 19.6 Å². The predicted octanol–water partition coefficient (Wildman–Crippen LogP) is 4.01. The van der Waals surface area contributed by atoms with E-state index in [1.165, 1.54) is 32.1 Å². The van der Waals surface area contributed by atoms with E-state index in [1.807, 2.05) is 0 Å². The van der Waals surface area contributed by atoms with Gasteiger partial charge in [-0.05, 0) is 19.3 Å². The molecule has 1 amide bonds. The summed E-state index contributed by atoms with van der Waals surface area (Å²) in [6.45, 7) is 3.32. The fraction of sp³-hybridized carbons (Fsp3) is 0.800. The van der Waals surface area contributed by atoms with Crippen LogP contribution in [-0.2, 0) is 19.1 Å². The summed E-state index contributed by atoms with van der Waals surface area (Å²) in [6.07, 6.45) is 13.2. The van der Waals surface area contributed by atoms with Gasteiger partial charge in [-0.1, -0.05) is 45.4 Å². The lowest BCUT2D eigenvalue weighted by Crippen LogP contribution is -2.38. The maximum absolute atomic E-state index is 12.4. The van der Waals surface area contributed by atoms with Gasteiger partial charge in [0.2, 0.25) is 5.91 Å². The van der Waals surface area contributed by atoms with Crippen molar-refractivity contribution in [1.82, 2.24) is 5.32 Å². The van der Waals surface area contributed by atoms with Crippen LogP contribution in [0.5, 0.6) is 0 Å². The van der Waals surface area contributed by atoms with Crippen molar-refractivity contribution in [3.8, 4) is 0 Å². The van der Waals surface area contributed by atoms with Crippen molar-refractivity contribution >= 4 is 11.7 Å². The van der Waals surface area contributed by atoms with Crippen LogP contribution in [-0.4, -0.2) is 30.7 Å². The van der Waals surface area contributed by atoms with Crippen LogP contribution in [0.15, 0.2) is 11.8 Å². The highest BCUT2D eigenvalue weighted by molar-refractivity contribution is 5.92. The maximum Gasteiger partial charge on any atom is 0.229 e. The third-order valence-electron chi connectivity index (χ3n) is 4.91. The Balaban J connectivity index is 1.73. The molecular formula is C20H33NO4. The molecule has 2 aliphatic rings. The third kappa shape index (κ3) is 7.28. The Morgan fingerprint density at radius 1 is 1.08 bits per heavy atom. The molecule has 5 heteroatoms. The number of hydrogen-bond acceptors (Lipinski definition) is 4. The zero-order chi connectivity index (χ0) is 18.0. The molecule has 142 valence electrons. The molecule has 1 heterocycles. The topological polar surface area (TPSA) is 64.6 Å². The molecule has 1 saturated heterocycles. The van der Waals surface area contributed by atoms with E-state index in [1.54, 1.807) is 6.08 Å². The molecule has 0 saturated carbocycles. The molecule has 0 aromatic heterocycles. The number of ether oxygens (including phenoxy) is 2. The average Bonchev–Trinajstić information content (AvgIpc) is 3.02. The second-order valence-corrected chi connectivity index (χ2v) is 7.19. The molecule has 0 unspecified atom stereocenters. The van der Waals surface area contributed by atoms with E-state index in [0.717, 1.165) is 37.8 Å². The lowest BCUT2D eigenvalue weighted by atomic mass is 10.0. The van der Waals surface area contributed by atoms with Crippen LogP contribution < -0.4 is 5.32 Å². The Morgan fingerprint density at radius 3 is 2.44 bits per heavy atom. The highest BCUT2D eigenvalue weighted by Gasteiger charge is 2.38. The number of nitrogens with one attached hydrogen (secondary N) is 1. The van der Waals surface area contributed by atoms with Gasteiger partial charge in [-0.15, -0.1) is 0 Å². The Labute approximate surface area is 151 Å². The summed E-state index contributed by atoms with van der Waals surface area (Å²) in [4.78, 5) is 23.8. The first-order valence-electron chi connectivity index (χ1n) is 9.95. The van der Waals surface area contributed by atoms with Crippen LogP contribution in [0, 0.1) is 0 Å². The van der Waals surface area contributed by atoms with Crippen LogP contribution in [0.25, 0.3) is 0 Å². The van der Waals surface area contributed by atoms with E-state index in [4.69, 9.17) is 9.47 Å². The minimum Gasteiger partial charge on any atom is -0.347 e. The molecule has 1 aliphatic carbocycles. The summed E-state index contributed by atoms with van der Waals surface area (Å²) in [5.41, 5.74) is 0.727. The molecule has 0 atom stereocenters. The summed E-state index contributed by atoms with van der Waals surface area (Å²) in [7, 11) is 0. The van der Waals surface area contributed by atoms with Crippen molar-refractivity contribution in [3.63, 3.8) is 0 Å². The van der Waals surface area contributed by atoms with Crippen molar-refractivity contribution in [1.29, 1.82) is 0 Å². The highest BCUT2D eigenvalue weighted by atomic mass is 16.7. The molecule has 1 N–H and O–H groups in total. The summed E-state index contributed by atoms with van der Waals surface area (Å²) < 4.78 is 11.6. The van der Waals surface area contributed by atoms with Crippen LogP contribution in [0.4, 0.5) is 0 Å². The number of hydrogen-bond donors (Lipinski definition) is 1. The third-order valence-corrected chi connectivity index (χ3v) is 4.91. The Bertz CT molecular complexity index is 466. The molecule has 0 aromatic carbocycles. The lowest BCUT2D eigenvalue weighted by Gasteiger charge is -2.27. The predicted molar refractivity (Wildman–Crippen MR) is 96.9 cm³/mol. The molecule has 1 fully saturated rings. The van der Waals surface area contributed by atoms with Crippen molar-refractivity contribution in [2.75, 3.05) is 13.2 Å². The van der Waals surface area contributed by atoms with Crippen LogP contribution >= 0.6 is 0 Å². The number of unbranched alkanes of at least 4 members (excludes halogenated alkanes) is 6. The first-order chi connectivity index (χ1) is 12.1. The van der Waals surface area contributed by atoms with Crippen LogP contribution in [0.1, 0.15) is 84.0 Å². The number of ketones is 1. The van der Waals surface area contributed by atoms with Gasteiger partial charge < -0.3 is 14.8 Å². The summed E-state index contributed by atoms with van der Waals surface area (Å²) >= 11 is 0. The van der Waals surface area contributed by atoms with Crippen molar-refractivity contribution in [3.05, 3.63) is 11.8 Å². The molecular weight excluding hydrogens is 318 g/mol. The van der Waals surface area contributed by atoms with Gasteiger partial charge in [-0.25, -0.2) is 0 Å². The molecule has 0 radical (unpaired) electrons. The van der Waals surface area contributed by atoms with E-state index < -0.39 is 5.79 Å². The SMILES string of the molecule is CCCCCCCCCC1(CC(=O)NC2=CC(=O)CCC2)OCCO1. The number of carbonyl (C=O) groups is 2. The largest absolute Gasteiger partial charge is 0.347 e.